The van der Waals surface area contributed by atoms with Crippen LogP contribution in [0.5, 0.6) is 0 Å². The molecular weight excluding hydrogens is 1020 g/mol. The number of aliphatic hydroxyl groups is 4. The van der Waals surface area contributed by atoms with Crippen LogP contribution in [-0.2, 0) is 71.1 Å². The van der Waals surface area contributed by atoms with Crippen LogP contribution in [0.2, 0.25) is 0 Å². The van der Waals surface area contributed by atoms with Crippen LogP contribution in [0.25, 0.3) is 0 Å². The number of carbonyl (C=O) groups excluding carboxylic acids is 1. The Morgan fingerprint density at radius 2 is 1.33 bits per heavy atom. The molecule has 15 saturated heterocycles. The molecular formula is C60H88O19. The van der Waals surface area contributed by atoms with Crippen molar-refractivity contribution in [2.75, 3.05) is 6.61 Å². The fourth-order valence-electron chi connectivity index (χ4n) is 17.6. The normalized spacial score (nSPS) is 55.0. The molecule has 4 N–H and O–H groups in total. The Hall–Kier alpha value is -1.73. The zero-order valence-corrected chi connectivity index (χ0v) is 46.6. The topological polar surface area (TPSA) is 227 Å². The van der Waals surface area contributed by atoms with Crippen molar-refractivity contribution in [1.82, 2.24) is 0 Å². The molecule has 12 bridgehead atoms. The number of hydrogen-bond donors (Lipinski definition) is 4. The van der Waals surface area contributed by atoms with Gasteiger partial charge in [-0.3, -0.25) is 4.79 Å². The van der Waals surface area contributed by atoms with Gasteiger partial charge in [0, 0.05) is 57.3 Å². The third kappa shape index (κ3) is 10.2. The summed E-state index contributed by atoms with van der Waals surface area (Å²) in [7, 11) is 0. The molecule has 0 aromatic rings. The predicted octanol–water partition coefficient (Wildman–Crippen LogP) is 4.56. The summed E-state index contributed by atoms with van der Waals surface area (Å²) >= 11 is 0. The Balaban J connectivity index is 0.665. The van der Waals surface area contributed by atoms with Crippen LogP contribution in [0, 0.1) is 23.7 Å². The van der Waals surface area contributed by atoms with Gasteiger partial charge < -0.3 is 86.7 Å². The Morgan fingerprint density at radius 1 is 0.595 bits per heavy atom. The Labute approximate surface area is 464 Å². The van der Waals surface area contributed by atoms with E-state index < -0.39 is 85.3 Å². The van der Waals surface area contributed by atoms with Gasteiger partial charge in [-0.2, -0.15) is 0 Å². The Kier molecular flexibility index (Phi) is 14.9. The summed E-state index contributed by atoms with van der Waals surface area (Å²) in [6, 6.07) is 0. The van der Waals surface area contributed by atoms with Crippen LogP contribution in [0.3, 0.4) is 0 Å². The van der Waals surface area contributed by atoms with E-state index in [4.69, 9.17) is 66.3 Å². The fraction of sp³-hybridized carbons (Fsp3) is 0.917. The maximum absolute atomic E-state index is 14.5. The Morgan fingerprint density at radius 3 is 2.18 bits per heavy atom. The number of ether oxygens (including phenoxy) is 14. The minimum absolute atomic E-state index is 0.00935. The molecule has 79 heavy (non-hydrogen) atoms. The van der Waals surface area contributed by atoms with Crippen molar-refractivity contribution < 1.29 is 91.5 Å². The van der Waals surface area contributed by atoms with E-state index in [0.29, 0.717) is 64.2 Å². The molecule has 15 aliphatic heterocycles. The molecule has 15 heterocycles. The van der Waals surface area contributed by atoms with Crippen LogP contribution >= 0.6 is 0 Å². The molecule has 15 rings (SSSR count). The first-order valence-corrected chi connectivity index (χ1v) is 30.8. The summed E-state index contributed by atoms with van der Waals surface area (Å²) in [6.45, 7) is 17.2. The number of esters is 1. The molecule has 0 saturated carbocycles. The van der Waals surface area contributed by atoms with Gasteiger partial charge in [0.15, 0.2) is 11.6 Å². The minimum atomic E-state index is -1.04. The second kappa shape index (κ2) is 21.3. The average molecular weight is 1110 g/mol. The lowest BCUT2D eigenvalue weighted by Gasteiger charge is -2.50. The van der Waals surface area contributed by atoms with Gasteiger partial charge in [-0.05, 0) is 86.7 Å². The van der Waals surface area contributed by atoms with Gasteiger partial charge in [-0.25, -0.2) is 0 Å². The van der Waals surface area contributed by atoms with Crippen molar-refractivity contribution in [2.45, 2.75) is 314 Å². The highest BCUT2D eigenvalue weighted by atomic mass is 16.8. The SMILES string of the molecule is C=C1C2C[C@@H]3O[C@H]4C[C@H]5O[C@@]6(C[C@H](O)[C@H]([C@@H](C)C[C@@H]7C[C@H](C)[C@@H]8O[C@H]([C@@H](O)C[C@@H](O)CO)CC8O7)O6)C[C@H]5O[C@H]4[C@H](C)[C@H]3OC(=O)C[C@H]3CC[C@@H]4OC5C6O[C@@H]7C[C@](CC[C@H]8CC(=C)[C@H](CC[C@@H](C[C@H]1C)O2)O8)(O[C@H]6[C@H]4O3)O[C@@H]57. The van der Waals surface area contributed by atoms with Crippen molar-refractivity contribution >= 4 is 5.97 Å². The smallest absolute Gasteiger partial charge is 0.308 e. The third-order valence-corrected chi connectivity index (χ3v) is 21.6. The molecule has 19 heteroatoms. The predicted molar refractivity (Wildman–Crippen MR) is 276 cm³/mol. The molecule has 15 aliphatic rings. The first kappa shape index (κ1) is 55.2. The first-order chi connectivity index (χ1) is 38.0. The van der Waals surface area contributed by atoms with Gasteiger partial charge in [-0.1, -0.05) is 40.9 Å². The lowest BCUT2D eigenvalue weighted by molar-refractivity contribution is -0.293. The number of fused-ring (bicyclic) bond motifs is 9. The lowest BCUT2D eigenvalue weighted by Crippen LogP contribution is -2.62. The average Bonchev–Trinajstić information content (AvgIpc) is 3.50. The zero-order chi connectivity index (χ0) is 54.4. The lowest BCUT2D eigenvalue weighted by atomic mass is 9.79. The summed E-state index contributed by atoms with van der Waals surface area (Å²) in [6.07, 6.45) is 0.970. The molecule has 0 aliphatic carbocycles. The highest BCUT2D eigenvalue weighted by Crippen LogP contribution is 2.56. The molecule has 442 valence electrons. The van der Waals surface area contributed by atoms with E-state index in [0.717, 1.165) is 49.7 Å². The quantitative estimate of drug-likeness (QED) is 0.202. The molecule has 0 aromatic carbocycles. The molecule has 15 fully saturated rings. The van der Waals surface area contributed by atoms with Crippen LogP contribution < -0.4 is 0 Å². The molecule has 19 nitrogen and oxygen atoms in total. The maximum atomic E-state index is 14.5. The van der Waals surface area contributed by atoms with Gasteiger partial charge >= 0.3 is 5.97 Å². The number of hydrogen-bond acceptors (Lipinski definition) is 19. The summed E-state index contributed by atoms with van der Waals surface area (Å²) in [5.41, 5.74) is 2.13. The molecule has 0 radical (unpaired) electrons. The van der Waals surface area contributed by atoms with Gasteiger partial charge in [0.1, 0.15) is 36.6 Å². The second-order valence-electron chi connectivity index (χ2n) is 27.2. The molecule has 0 aromatic heterocycles. The summed E-state index contributed by atoms with van der Waals surface area (Å²) in [5, 5.41) is 41.8. The van der Waals surface area contributed by atoms with Crippen LogP contribution in [0.15, 0.2) is 24.3 Å². The molecule has 0 amide bonds. The van der Waals surface area contributed by atoms with Crippen LogP contribution in [-0.4, -0.2) is 203 Å². The maximum Gasteiger partial charge on any atom is 0.308 e. The van der Waals surface area contributed by atoms with Gasteiger partial charge in [0.25, 0.3) is 0 Å². The van der Waals surface area contributed by atoms with Crippen LogP contribution in [0.4, 0.5) is 0 Å². The van der Waals surface area contributed by atoms with Crippen molar-refractivity contribution in [3.8, 4) is 0 Å². The summed E-state index contributed by atoms with van der Waals surface area (Å²) in [5.74, 6) is -2.17. The van der Waals surface area contributed by atoms with E-state index in [-0.39, 0.29) is 134 Å². The van der Waals surface area contributed by atoms with E-state index in [1.807, 2.05) is 0 Å². The molecule has 2 spiro atoms. The van der Waals surface area contributed by atoms with E-state index >= 15 is 0 Å². The largest absolute Gasteiger partial charge is 0.459 e. The van der Waals surface area contributed by atoms with Crippen LogP contribution in [0.1, 0.15) is 143 Å². The van der Waals surface area contributed by atoms with Gasteiger partial charge in [-0.15, -0.1) is 0 Å². The summed E-state index contributed by atoms with van der Waals surface area (Å²) in [4.78, 5) is 14.5. The molecule has 4 unspecified atom stereocenters. The minimum Gasteiger partial charge on any atom is -0.459 e. The van der Waals surface area contributed by atoms with E-state index in [9.17, 15) is 25.2 Å². The summed E-state index contributed by atoms with van der Waals surface area (Å²) < 4.78 is 95.5. The highest BCUT2D eigenvalue weighted by molar-refractivity contribution is 5.70. The second-order valence-corrected chi connectivity index (χ2v) is 27.2. The van der Waals surface area contributed by atoms with Gasteiger partial charge in [0.05, 0.1) is 135 Å². The van der Waals surface area contributed by atoms with Crippen molar-refractivity contribution in [3.05, 3.63) is 24.3 Å². The number of aliphatic hydroxyl groups excluding tert-OH is 4. The van der Waals surface area contributed by atoms with Crippen molar-refractivity contribution in [3.63, 3.8) is 0 Å². The van der Waals surface area contributed by atoms with Crippen molar-refractivity contribution in [2.24, 2.45) is 23.7 Å². The van der Waals surface area contributed by atoms with Crippen molar-refractivity contribution in [1.29, 1.82) is 0 Å². The number of carbonyl (C=O) groups is 1. The van der Waals surface area contributed by atoms with Gasteiger partial charge in [0.2, 0.25) is 0 Å². The monoisotopic (exact) mass is 1110 g/mol. The standard InChI is InChI=1S/C60H88O19/c1-26-13-33-7-9-39-27(2)14-35(66-39)11-12-59-24-48-55(78-59)56-57(74-48)58(79-59)54-40(71-56)10-8-34(69-54)18-49(65)75-53-31(6)52-46(70-45(53)19-41(67-33)30(26)5)21-43-47(73-52)23-60(76-43)22-38(64)50(77-60)28(3)15-36-16-29(4)51-44(68-36)20-42(72-51)37(63)17-32(62)25-61/h26,28-29,31-48,50-58,61-64H,2,5,7-25H2,1,3-4,6H3/t26-,28+,29+,31+,32-,33+,34-,35+,36-,37+,38+,39+,40+,41?,42+,43-,44?,45+,46+,47-,48-,50+,51+,52+,53-,54+,55-,56?,57?,58+,59+,60-/m1/s1. The van der Waals surface area contributed by atoms with E-state index in [1.54, 1.807) is 0 Å². The fourth-order valence-corrected chi connectivity index (χ4v) is 17.6. The van der Waals surface area contributed by atoms with E-state index in [1.165, 1.54) is 0 Å². The Bertz CT molecular complexity index is 2270. The molecule has 32 atom stereocenters. The third-order valence-electron chi connectivity index (χ3n) is 21.6. The zero-order valence-electron chi connectivity index (χ0n) is 46.6. The van der Waals surface area contributed by atoms with E-state index in [2.05, 4.69) is 40.9 Å². The first-order valence-electron chi connectivity index (χ1n) is 30.8. The number of rotatable bonds is 7. The highest BCUT2D eigenvalue weighted by Gasteiger charge is 2.69.